The van der Waals surface area contributed by atoms with Gasteiger partial charge in [0.2, 0.25) is 0 Å². The van der Waals surface area contributed by atoms with E-state index < -0.39 is 0 Å². The molecule has 0 spiro atoms. The lowest BCUT2D eigenvalue weighted by Crippen LogP contribution is -2.04. The summed E-state index contributed by atoms with van der Waals surface area (Å²) in [6.45, 7) is 1.63. The molecule has 0 fully saturated rings. The van der Waals surface area contributed by atoms with Crippen molar-refractivity contribution in [3.8, 4) is 0 Å². The molecule has 0 saturated heterocycles. The van der Waals surface area contributed by atoms with Crippen molar-refractivity contribution >= 4 is 22.8 Å². The third-order valence-corrected chi connectivity index (χ3v) is 1.45. The van der Waals surface area contributed by atoms with Gasteiger partial charge in [-0.3, -0.25) is 10.2 Å². The molecule has 0 amide bonds. The topological polar surface area (TPSA) is 50.2 Å². The predicted octanol–water partition coefficient (Wildman–Crippen LogP) is 0.890. The van der Waals surface area contributed by atoms with E-state index in [1.807, 2.05) is 0 Å². The van der Waals surface area contributed by atoms with Crippen LogP contribution >= 0.6 is 11.8 Å². The minimum absolute atomic E-state index is 0.242. The van der Waals surface area contributed by atoms with Crippen LogP contribution in [0.1, 0.15) is 6.92 Å². The van der Waals surface area contributed by atoms with Gasteiger partial charge >= 0.3 is 5.97 Å². The molecule has 0 aromatic carbocycles. The molecule has 1 N–H and O–H groups in total. The Morgan fingerprint density at radius 2 is 2.33 bits per heavy atom. The van der Waals surface area contributed by atoms with Crippen molar-refractivity contribution in [3.05, 3.63) is 0 Å². The molecular formula is C5H9NO2S. The van der Waals surface area contributed by atoms with Crippen molar-refractivity contribution in [2.75, 3.05) is 12.9 Å². The second-order valence-electron chi connectivity index (χ2n) is 1.42. The average molecular weight is 147 g/mol. The maximum atomic E-state index is 10.4. The van der Waals surface area contributed by atoms with E-state index in [-0.39, 0.29) is 11.7 Å². The highest BCUT2D eigenvalue weighted by Gasteiger charge is 1.99. The third-order valence-electron chi connectivity index (χ3n) is 0.634. The highest BCUT2D eigenvalue weighted by Crippen LogP contribution is 2.00. The van der Waals surface area contributed by atoms with E-state index in [1.165, 1.54) is 18.9 Å². The molecule has 0 aliphatic rings. The van der Waals surface area contributed by atoms with Gasteiger partial charge < -0.3 is 4.74 Å². The van der Waals surface area contributed by atoms with Crippen molar-refractivity contribution in [1.29, 1.82) is 5.41 Å². The van der Waals surface area contributed by atoms with Crippen LogP contribution < -0.4 is 0 Å². The summed E-state index contributed by atoms with van der Waals surface area (Å²) in [6, 6.07) is 0. The largest absolute Gasteiger partial charge is 0.468 e. The Hall–Kier alpha value is -0.510. The van der Waals surface area contributed by atoms with E-state index in [0.29, 0.717) is 5.04 Å². The highest BCUT2D eigenvalue weighted by molar-refractivity contribution is 8.14. The quantitative estimate of drug-likeness (QED) is 0.358. The van der Waals surface area contributed by atoms with E-state index in [2.05, 4.69) is 4.74 Å². The molecule has 0 bridgehead atoms. The van der Waals surface area contributed by atoms with Crippen LogP contribution in [0.5, 0.6) is 0 Å². The number of esters is 1. The molecule has 0 saturated carbocycles. The second kappa shape index (κ2) is 4.38. The van der Waals surface area contributed by atoms with Crippen LogP contribution in [0.15, 0.2) is 0 Å². The number of carbonyl (C=O) groups is 1. The zero-order valence-corrected chi connectivity index (χ0v) is 6.25. The number of nitrogens with one attached hydrogen (secondary N) is 1. The monoisotopic (exact) mass is 147 g/mol. The summed E-state index contributed by atoms with van der Waals surface area (Å²) >= 11 is 1.17. The molecular weight excluding hydrogens is 138 g/mol. The van der Waals surface area contributed by atoms with Crippen molar-refractivity contribution in [3.63, 3.8) is 0 Å². The number of methoxy groups -OCH3 is 1. The van der Waals surface area contributed by atoms with Crippen molar-refractivity contribution in [2.24, 2.45) is 0 Å². The highest BCUT2D eigenvalue weighted by atomic mass is 32.2. The van der Waals surface area contributed by atoms with Gasteiger partial charge in [-0.15, -0.1) is 11.8 Å². The van der Waals surface area contributed by atoms with E-state index in [4.69, 9.17) is 5.41 Å². The molecule has 9 heavy (non-hydrogen) atoms. The summed E-state index contributed by atoms with van der Waals surface area (Å²) in [5, 5.41) is 7.35. The standard InChI is InChI=1S/C5H9NO2S/c1-4(6)9-3-5(7)8-2/h6H,3H2,1-2H3. The molecule has 0 heterocycles. The summed E-state index contributed by atoms with van der Waals surface area (Å²) in [7, 11) is 1.34. The lowest BCUT2D eigenvalue weighted by atomic mass is 10.8. The van der Waals surface area contributed by atoms with Crippen molar-refractivity contribution in [2.45, 2.75) is 6.92 Å². The van der Waals surface area contributed by atoms with Gasteiger partial charge in [-0.1, -0.05) is 0 Å². The second-order valence-corrected chi connectivity index (χ2v) is 2.61. The molecule has 0 aromatic heterocycles. The zero-order valence-electron chi connectivity index (χ0n) is 5.43. The van der Waals surface area contributed by atoms with Crippen LogP contribution in [0.4, 0.5) is 0 Å². The third kappa shape index (κ3) is 5.36. The number of carbonyl (C=O) groups excluding carboxylic acids is 1. The Labute approximate surface area is 58.3 Å². The smallest absolute Gasteiger partial charge is 0.316 e. The summed E-state index contributed by atoms with van der Waals surface area (Å²) in [6.07, 6.45) is 0. The van der Waals surface area contributed by atoms with Crippen LogP contribution in [0, 0.1) is 5.41 Å². The van der Waals surface area contributed by atoms with Crippen molar-refractivity contribution in [1.82, 2.24) is 0 Å². The molecule has 0 aliphatic heterocycles. The normalized spacial score (nSPS) is 8.67. The zero-order chi connectivity index (χ0) is 7.28. The predicted molar refractivity (Wildman–Crippen MR) is 37.9 cm³/mol. The summed E-state index contributed by atoms with van der Waals surface area (Å²) in [4.78, 5) is 10.4. The first kappa shape index (κ1) is 8.49. The maximum Gasteiger partial charge on any atom is 0.316 e. The maximum absolute atomic E-state index is 10.4. The van der Waals surface area contributed by atoms with Gasteiger partial charge in [0.25, 0.3) is 0 Å². The fourth-order valence-corrected chi connectivity index (χ4v) is 0.678. The number of ether oxygens (including phenoxy) is 1. The first-order valence-corrected chi connectivity index (χ1v) is 3.40. The SMILES string of the molecule is COC(=O)CSC(C)=N. The van der Waals surface area contributed by atoms with Gasteiger partial charge in [0, 0.05) is 0 Å². The van der Waals surface area contributed by atoms with E-state index in [1.54, 1.807) is 6.92 Å². The Bertz CT molecular complexity index is 124. The molecule has 52 valence electrons. The molecule has 0 aliphatic carbocycles. The number of thioether (sulfide) groups is 1. The van der Waals surface area contributed by atoms with Gasteiger partial charge in [0.05, 0.1) is 17.9 Å². The summed E-state index contributed by atoms with van der Waals surface area (Å²) in [5.74, 6) is -0.0437. The molecule has 0 atom stereocenters. The summed E-state index contributed by atoms with van der Waals surface area (Å²) < 4.78 is 4.34. The first-order valence-electron chi connectivity index (χ1n) is 2.41. The summed E-state index contributed by atoms with van der Waals surface area (Å²) in [5.41, 5.74) is 0. The van der Waals surface area contributed by atoms with E-state index in [0.717, 1.165) is 0 Å². The van der Waals surface area contributed by atoms with Gasteiger partial charge in [-0.2, -0.15) is 0 Å². The van der Waals surface area contributed by atoms with Gasteiger partial charge in [-0.25, -0.2) is 0 Å². The van der Waals surface area contributed by atoms with Crippen LogP contribution in [0.25, 0.3) is 0 Å². The van der Waals surface area contributed by atoms with Gasteiger partial charge in [0.15, 0.2) is 0 Å². The lowest BCUT2D eigenvalue weighted by molar-refractivity contribution is -0.137. The first-order chi connectivity index (χ1) is 4.16. The molecule has 0 unspecified atom stereocenters. The minimum atomic E-state index is -0.286. The number of rotatable bonds is 2. The average Bonchev–Trinajstić information content (AvgIpc) is 1.83. The Morgan fingerprint density at radius 3 is 2.67 bits per heavy atom. The molecule has 0 aromatic rings. The molecule has 0 radical (unpaired) electrons. The van der Waals surface area contributed by atoms with Gasteiger partial charge in [0.1, 0.15) is 0 Å². The Balaban J connectivity index is 3.28. The van der Waals surface area contributed by atoms with Crippen LogP contribution in [0.2, 0.25) is 0 Å². The molecule has 4 heteroatoms. The fourth-order valence-electron chi connectivity index (χ4n) is 0.226. The van der Waals surface area contributed by atoms with E-state index in [9.17, 15) is 4.79 Å². The number of hydrogen-bond acceptors (Lipinski definition) is 4. The van der Waals surface area contributed by atoms with Crippen molar-refractivity contribution < 1.29 is 9.53 Å². The Morgan fingerprint density at radius 1 is 1.78 bits per heavy atom. The number of hydrogen-bond donors (Lipinski definition) is 1. The van der Waals surface area contributed by atoms with Crippen LogP contribution in [0.3, 0.4) is 0 Å². The minimum Gasteiger partial charge on any atom is -0.468 e. The fraction of sp³-hybridized carbons (Fsp3) is 0.600. The molecule has 0 rings (SSSR count). The van der Waals surface area contributed by atoms with Gasteiger partial charge in [-0.05, 0) is 6.92 Å². The van der Waals surface area contributed by atoms with Crippen LogP contribution in [-0.4, -0.2) is 23.9 Å². The van der Waals surface area contributed by atoms with E-state index >= 15 is 0 Å². The van der Waals surface area contributed by atoms with Crippen LogP contribution in [-0.2, 0) is 9.53 Å². The Kier molecular flexibility index (Phi) is 4.13. The molecule has 3 nitrogen and oxygen atoms in total. The lowest BCUT2D eigenvalue weighted by Gasteiger charge is -1.95.